The van der Waals surface area contributed by atoms with Gasteiger partial charge in [0.2, 0.25) is 0 Å². The highest BCUT2D eigenvalue weighted by Crippen LogP contribution is 2.15. The second-order valence-corrected chi connectivity index (χ2v) is 3.31. The zero-order chi connectivity index (χ0) is 9.14. The van der Waals surface area contributed by atoms with Crippen LogP contribution in [-0.4, -0.2) is 16.2 Å². The summed E-state index contributed by atoms with van der Waals surface area (Å²) >= 11 is 5.85. The van der Waals surface area contributed by atoms with E-state index in [9.17, 15) is 0 Å². The fourth-order valence-electron chi connectivity index (χ4n) is 1.02. The smallest absolute Gasteiger partial charge is 0.132 e. The van der Waals surface area contributed by atoms with Gasteiger partial charge in [0, 0.05) is 12.1 Å². The number of hydrogen-bond donors (Lipinski definition) is 1. The first-order valence-corrected chi connectivity index (χ1v) is 4.27. The summed E-state index contributed by atoms with van der Waals surface area (Å²) < 4.78 is 0. The molecule has 0 saturated carbocycles. The van der Waals surface area contributed by atoms with Gasteiger partial charge in [0.05, 0.1) is 6.10 Å². The Morgan fingerprint density at radius 1 is 1.58 bits per heavy atom. The summed E-state index contributed by atoms with van der Waals surface area (Å²) in [4.78, 5) is 4.08. The van der Waals surface area contributed by atoms with Crippen LogP contribution in [0.2, 0.25) is 5.15 Å². The van der Waals surface area contributed by atoms with E-state index in [0.29, 0.717) is 11.6 Å². The number of nitrogens with zero attached hydrogens (tertiary/aromatic N) is 1. The summed E-state index contributed by atoms with van der Waals surface area (Å²) in [7, 11) is 0. The van der Waals surface area contributed by atoms with E-state index < -0.39 is 0 Å². The van der Waals surface area contributed by atoms with Crippen molar-refractivity contribution in [3.8, 4) is 0 Å². The quantitative estimate of drug-likeness (QED) is 0.715. The standard InChI is InChI=1S/C9H12ClNO/c1-6-3-4-8(5-7(2)12)9(10)11-6/h3-4,7,12H,5H2,1-2H3/t7-/m0/s1. The molecule has 0 amide bonds. The Bertz CT molecular complexity index is 273. The van der Waals surface area contributed by atoms with E-state index in [-0.39, 0.29) is 6.10 Å². The minimum absolute atomic E-state index is 0.369. The normalized spacial score (nSPS) is 13.0. The summed E-state index contributed by atoms with van der Waals surface area (Å²) in [5, 5.41) is 9.61. The van der Waals surface area contributed by atoms with Crippen molar-refractivity contribution in [2.75, 3.05) is 0 Å². The number of aryl methyl sites for hydroxylation is 1. The van der Waals surface area contributed by atoms with E-state index in [2.05, 4.69) is 4.98 Å². The predicted octanol–water partition coefficient (Wildman–Crippen LogP) is 1.97. The molecule has 0 aliphatic rings. The third kappa shape index (κ3) is 2.47. The molecule has 3 heteroatoms. The van der Waals surface area contributed by atoms with Crippen LogP contribution in [0.3, 0.4) is 0 Å². The van der Waals surface area contributed by atoms with Crippen LogP contribution in [0.15, 0.2) is 12.1 Å². The van der Waals surface area contributed by atoms with Crippen molar-refractivity contribution in [3.05, 3.63) is 28.5 Å². The van der Waals surface area contributed by atoms with Crippen molar-refractivity contribution >= 4 is 11.6 Å². The summed E-state index contributed by atoms with van der Waals surface area (Å²) in [5.41, 5.74) is 1.80. The first kappa shape index (κ1) is 9.49. The lowest BCUT2D eigenvalue weighted by Gasteiger charge is -2.05. The highest BCUT2D eigenvalue weighted by molar-refractivity contribution is 6.30. The topological polar surface area (TPSA) is 33.1 Å². The Kier molecular flexibility index (Phi) is 3.06. The summed E-state index contributed by atoms with van der Waals surface area (Å²) in [5.74, 6) is 0. The van der Waals surface area contributed by atoms with Crippen molar-refractivity contribution in [1.82, 2.24) is 4.98 Å². The van der Waals surface area contributed by atoms with Crippen LogP contribution in [0, 0.1) is 6.92 Å². The van der Waals surface area contributed by atoms with E-state index in [1.165, 1.54) is 0 Å². The summed E-state index contributed by atoms with van der Waals surface area (Å²) in [6.45, 7) is 3.62. The van der Waals surface area contributed by atoms with Gasteiger partial charge in [0.15, 0.2) is 0 Å². The minimum atomic E-state index is -0.369. The molecule has 0 spiro atoms. The van der Waals surface area contributed by atoms with Crippen LogP contribution in [0.25, 0.3) is 0 Å². The number of pyridine rings is 1. The van der Waals surface area contributed by atoms with Gasteiger partial charge in [-0.3, -0.25) is 0 Å². The van der Waals surface area contributed by atoms with Gasteiger partial charge in [-0.15, -0.1) is 0 Å². The van der Waals surface area contributed by atoms with Gasteiger partial charge in [-0.05, 0) is 25.5 Å². The molecule has 0 saturated heterocycles. The van der Waals surface area contributed by atoms with E-state index in [1.807, 2.05) is 19.1 Å². The number of aliphatic hydroxyl groups excluding tert-OH is 1. The molecular formula is C9H12ClNO. The Labute approximate surface area is 77.2 Å². The maximum atomic E-state index is 9.11. The largest absolute Gasteiger partial charge is 0.393 e. The van der Waals surface area contributed by atoms with E-state index in [1.54, 1.807) is 6.92 Å². The molecule has 0 aliphatic carbocycles. The summed E-state index contributed by atoms with van der Waals surface area (Å²) in [6, 6.07) is 3.79. The van der Waals surface area contributed by atoms with Crippen molar-refractivity contribution < 1.29 is 5.11 Å². The summed E-state index contributed by atoms with van der Waals surface area (Å²) in [6.07, 6.45) is 0.193. The van der Waals surface area contributed by atoms with Gasteiger partial charge in [-0.2, -0.15) is 0 Å². The molecule has 0 aliphatic heterocycles. The molecule has 0 bridgehead atoms. The van der Waals surface area contributed by atoms with Gasteiger partial charge < -0.3 is 5.11 Å². The van der Waals surface area contributed by atoms with Gasteiger partial charge in [0.1, 0.15) is 5.15 Å². The van der Waals surface area contributed by atoms with Crippen molar-refractivity contribution in [2.24, 2.45) is 0 Å². The van der Waals surface area contributed by atoms with Crippen LogP contribution in [0.5, 0.6) is 0 Å². The minimum Gasteiger partial charge on any atom is -0.393 e. The molecule has 0 aromatic carbocycles. The Hall–Kier alpha value is -0.600. The zero-order valence-corrected chi connectivity index (χ0v) is 7.97. The second kappa shape index (κ2) is 3.87. The van der Waals surface area contributed by atoms with Crippen LogP contribution in [0.1, 0.15) is 18.2 Å². The SMILES string of the molecule is Cc1ccc(C[C@H](C)O)c(Cl)n1. The maximum Gasteiger partial charge on any atom is 0.132 e. The molecule has 0 fully saturated rings. The molecule has 1 atom stereocenters. The van der Waals surface area contributed by atoms with Crippen LogP contribution in [-0.2, 0) is 6.42 Å². The van der Waals surface area contributed by atoms with Gasteiger partial charge >= 0.3 is 0 Å². The molecule has 1 aromatic heterocycles. The van der Waals surface area contributed by atoms with Crippen LogP contribution < -0.4 is 0 Å². The zero-order valence-electron chi connectivity index (χ0n) is 7.21. The molecule has 1 N–H and O–H groups in total. The fourth-order valence-corrected chi connectivity index (χ4v) is 1.30. The van der Waals surface area contributed by atoms with Gasteiger partial charge in [0.25, 0.3) is 0 Å². The molecule has 0 unspecified atom stereocenters. The highest BCUT2D eigenvalue weighted by atomic mass is 35.5. The molecule has 66 valence electrons. The third-order valence-corrected chi connectivity index (χ3v) is 1.91. The lowest BCUT2D eigenvalue weighted by Crippen LogP contribution is -2.05. The molecule has 1 rings (SSSR count). The lowest BCUT2D eigenvalue weighted by molar-refractivity contribution is 0.195. The molecule has 2 nitrogen and oxygen atoms in total. The van der Waals surface area contributed by atoms with Gasteiger partial charge in [-0.25, -0.2) is 4.98 Å². The average Bonchev–Trinajstić information content (AvgIpc) is 1.94. The second-order valence-electron chi connectivity index (χ2n) is 2.96. The molecule has 0 radical (unpaired) electrons. The van der Waals surface area contributed by atoms with Crippen LogP contribution >= 0.6 is 11.6 Å². The van der Waals surface area contributed by atoms with Crippen molar-refractivity contribution in [2.45, 2.75) is 26.4 Å². The number of rotatable bonds is 2. The Balaban J connectivity index is 2.86. The maximum absolute atomic E-state index is 9.11. The molecular weight excluding hydrogens is 174 g/mol. The fraction of sp³-hybridized carbons (Fsp3) is 0.444. The number of halogens is 1. The van der Waals surface area contributed by atoms with Gasteiger partial charge in [-0.1, -0.05) is 17.7 Å². The lowest BCUT2D eigenvalue weighted by atomic mass is 10.1. The van der Waals surface area contributed by atoms with E-state index in [0.717, 1.165) is 11.3 Å². The third-order valence-electron chi connectivity index (χ3n) is 1.58. The predicted molar refractivity (Wildman–Crippen MR) is 49.4 cm³/mol. The van der Waals surface area contributed by atoms with Crippen molar-refractivity contribution in [3.63, 3.8) is 0 Å². The van der Waals surface area contributed by atoms with E-state index >= 15 is 0 Å². The Morgan fingerprint density at radius 2 is 2.25 bits per heavy atom. The highest BCUT2D eigenvalue weighted by Gasteiger charge is 2.04. The van der Waals surface area contributed by atoms with E-state index in [4.69, 9.17) is 16.7 Å². The number of aromatic nitrogens is 1. The Morgan fingerprint density at radius 3 is 2.75 bits per heavy atom. The number of aliphatic hydroxyl groups is 1. The molecule has 1 aromatic rings. The molecule has 1 heterocycles. The average molecular weight is 186 g/mol. The molecule has 12 heavy (non-hydrogen) atoms. The van der Waals surface area contributed by atoms with Crippen LogP contribution in [0.4, 0.5) is 0 Å². The monoisotopic (exact) mass is 185 g/mol. The first-order valence-electron chi connectivity index (χ1n) is 3.89. The number of hydrogen-bond acceptors (Lipinski definition) is 2. The first-order chi connectivity index (χ1) is 5.59. The van der Waals surface area contributed by atoms with Crippen molar-refractivity contribution in [1.29, 1.82) is 0 Å².